The number of aryl methyl sites for hydroxylation is 2. The maximum Gasteiger partial charge on any atom is 0.252 e. The Hall–Kier alpha value is -1.98. The number of carbonyl (C=O) groups excluding carboxylic acids is 1. The topological polar surface area (TPSA) is 63.4 Å². The van der Waals surface area contributed by atoms with Gasteiger partial charge in [0.2, 0.25) is 5.91 Å². The van der Waals surface area contributed by atoms with Gasteiger partial charge in [0.05, 0.1) is 0 Å². The van der Waals surface area contributed by atoms with Crippen molar-refractivity contribution in [2.24, 2.45) is 5.92 Å². The number of nitrogens with zero attached hydrogens (tertiary/aromatic N) is 5. The third-order valence-corrected chi connectivity index (χ3v) is 5.53. The van der Waals surface area contributed by atoms with Crippen LogP contribution in [0.15, 0.2) is 6.33 Å². The van der Waals surface area contributed by atoms with E-state index in [1.54, 1.807) is 4.52 Å². The standard InChI is InChI=1S/C18H27N5O/c1-12-7-5-6-8-16(12)22(4)17(24)10-9-15-13(2)21-18-19-11-20-23(18)14(15)3/h11-12,16H,5-10H2,1-4H3. The minimum Gasteiger partial charge on any atom is -0.343 e. The molecule has 0 aromatic carbocycles. The molecule has 6 heteroatoms. The molecular weight excluding hydrogens is 302 g/mol. The molecule has 0 N–H and O–H groups in total. The van der Waals surface area contributed by atoms with Gasteiger partial charge in [0, 0.05) is 30.9 Å². The lowest BCUT2D eigenvalue weighted by Gasteiger charge is -2.36. The van der Waals surface area contributed by atoms with Gasteiger partial charge in [-0.25, -0.2) is 9.50 Å². The summed E-state index contributed by atoms with van der Waals surface area (Å²) >= 11 is 0. The number of rotatable bonds is 4. The molecule has 0 spiro atoms. The van der Waals surface area contributed by atoms with Crippen molar-refractivity contribution in [3.63, 3.8) is 0 Å². The summed E-state index contributed by atoms with van der Waals surface area (Å²) < 4.78 is 1.75. The molecule has 1 amide bonds. The van der Waals surface area contributed by atoms with E-state index in [1.807, 2.05) is 25.8 Å². The molecule has 0 aliphatic heterocycles. The highest BCUT2D eigenvalue weighted by atomic mass is 16.2. The molecule has 1 fully saturated rings. The van der Waals surface area contributed by atoms with E-state index < -0.39 is 0 Å². The SMILES string of the molecule is Cc1nc2ncnn2c(C)c1CCC(=O)N(C)C1CCCCC1C. The van der Waals surface area contributed by atoms with Crippen LogP contribution in [0.3, 0.4) is 0 Å². The van der Waals surface area contributed by atoms with Crippen molar-refractivity contribution in [1.82, 2.24) is 24.5 Å². The van der Waals surface area contributed by atoms with Crippen LogP contribution in [0.5, 0.6) is 0 Å². The molecular formula is C18H27N5O. The molecule has 0 bridgehead atoms. The third kappa shape index (κ3) is 3.14. The van der Waals surface area contributed by atoms with E-state index in [-0.39, 0.29) is 5.91 Å². The van der Waals surface area contributed by atoms with Gasteiger partial charge in [-0.15, -0.1) is 0 Å². The van der Waals surface area contributed by atoms with Crippen LogP contribution in [-0.4, -0.2) is 43.5 Å². The number of fused-ring (bicyclic) bond motifs is 1. The second kappa shape index (κ2) is 6.87. The molecule has 2 heterocycles. The van der Waals surface area contributed by atoms with Gasteiger partial charge in [-0.1, -0.05) is 19.8 Å². The molecule has 2 aromatic heterocycles. The highest BCUT2D eigenvalue weighted by Gasteiger charge is 2.27. The minimum atomic E-state index is 0.228. The lowest BCUT2D eigenvalue weighted by molar-refractivity contribution is -0.133. The van der Waals surface area contributed by atoms with Crippen LogP contribution in [0.4, 0.5) is 0 Å². The molecule has 0 radical (unpaired) electrons. The fourth-order valence-electron chi connectivity index (χ4n) is 3.98. The van der Waals surface area contributed by atoms with E-state index in [1.165, 1.54) is 25.6 Å². The molecule has 3 rings (SSSR count). The zero-order chi connectivity index (χ0) is 17.3. The largest absolute Gasteiger partial charge is 0.343 e. The zero-order valence-electron chi connectivity index (χ0n) is 15.1. The van der Waals surface area contributed by atoms with Gasteiger partial charge >= 0.3 is 0 Å². The summed E-state index contributed by atoms with van der Waals surface area (Å²) in [5.41, 5.74) is 3.07. The summed E-state index contributed by atoms with van der Waals surface area (Å²) in [6.45, 7) is 6.27. The number of hydrogen-bond acceptors (Lipinski definition) is 4. The van der Waals surface area contributed by atoms with E-state index in [0.29, 0.717) is 30.6 Å². The summed E-state index contributed by atoms with van der Waals surface area (Å²) in [5, 5.41) is 4.21. The van der Waals surface area contributed by atoms with Gasteiger partial charge in [-0.3, -0.25) is 4.79 Å². The maximum absolute atomic E-state index is 12.7. The van der Waals surface area contributed by atoms with Crippen LogP contribution in [0.25, 0.3) is 5.78 Å². The first kappa shape index (κ1) is 16.9. The molecule has 2 aromatic rings. The molecule has 6 nitrogen and oxygen atoms in total. The van der Waals surface area contributed by atoms with Crippen molar-refractivity contribution < 1.29 is 4.79 Å². The van der Waals surface area contributed by atoms with Crippen molar-refractivity contribution >= 4 is 11.7 Å². The monoisotopic (exact) mass is 329 g/mol. The van der Waals surface area contributed by atoms with Crippen molar-refractivity contribution in [1.29, 1.82) is 0 Å². The van der Waals surface area contributed by atoms with Crippen LogP contribution in [-0.2, 0) is 11.2 Å². The number of amides is 1. The number of hydrogen-bond donors (Lipinski definition) is 0. The summed E-state index contributed by atoms with van der Waals surface area (Å²) in [7, 11) is 1.97. The van der Waals surface area contributed by atoms with E-state index in [9.17, 15) is 4.79 Å². The zero-order valence-corrected chi connectivity index (χ0v) is 15.1. The third-order valence-electron chi connectivity index (χ3n) is 5.53. The predicted molar refractivity (Wildman–Crippen MR) is 92.8 cm³/mol. The summed E-state index contributed by atoms with van der Waals surface area (Å²) in [6, 6.07) is 0.393. The highest BCUT2D eigenvalue weighted by Crippen LogP contribution is 2.28. The first-order chi connectivity index (χ1) is 11.5. The molecule has 24 heavy (non-hydrogen) atoms. The van der Waals surface area contributed by atoms with Crippen LogP contribution < -0.4 is 0 Å². The van der Waals surface area contributed by atoms with E-state index in [4.69, 9.17) is 0 Å². The Morgan fingerprint density at radius 3 is 2.83 bits per heavy atom. The van der Waals surface area contributed by atoms with Crippen LogP contribution in [0.1, 0.15) is 56.0 Å². The van der Waals surface area contributed by atoms with Crippen LogP contribution in [0, 0.1) is 19.8 Å². The molecule has 0 saturated heterocycles. The molecule has 2 atom stereocenters. The van der Waals surface area contributed by atoms with E-state index in [0.717, 1.165) is 23.4 Å². The van der Waals surface area contributed by atoms with Gasteiger partial charge in [0.25, 0.3) is 5.78 Å². The summed E-state index contributed by atoms with van der Waals surface area (Å²) in [6.07, 6.45) is 7.62. The Bertz CT molecular complexity index is 738. The number of carbonyl (C=O) groups is 1. The van der Waals surface area contributed by atoms with E-state index in [2.05, 4.69) is 22.0 Å². The first-order valence-corrected chi connectivity index (χ1v) is 8.90. The molecule has 1 aliphatic carbocycles. The van der Waals surface area contributed by atoms with Gasteiger partial charge < -0.3 is 4.90 Å². The maximum atomic E-state index is 12.7. The van der Waals surface area contributed by atoms with Crippen LogP contribution >= 0.6 is 0 Å². The fourth-order valence-corrected chi connectivity index (χ4v) is 3.98. The molecule has 1 saturated carbocycles. The van der Waals surface area contributed by atoms with Crippen molar-refractivity contribution in [3.05, 3.63) is 23.3 Å². The Labute approximate surface area is 143 Å². The average molecular weight is 329 g/mol. The normalized spacial score (nSPS) is 21.2. The van der Waals surface area contributed by atoms with Gasteiger partial charge in [0.1, 0.15) is 6.33 Å². The highest BCUT2D eigenvalue weighted by molar-refractivity contribution is 5.76. The van der Waals surface area contributed by atoms with Crippen molar-refractivity contribution in [2.75, 3.05) is 7.05 Å². The molecule has 1 aliphatic rings. The Morgan fingerprint density at radius 2 is 2.08 bits per heavy atom. The van der Waals surface area contributed by atoms with E-state index >= 15 is 0 Å². The lowest BCUT2D eigenvalue weighted by atomic mass is 9.85. The first-order valence-electron chi connectivity index (χ1n) is 8.90. The molecule has 2 unspecified atom stereocenters. The minimum absolute atomic E-state index is 0.228. The predicted octanol–water partition coefficient (Wildman–Crippen LogP) is 2.71. The Morgan fingerprint density at radius 1 is 1.33 bits per heavy atom. The quantitative estimate of drug-likeness (QED) is 0.865. The second-order valence-electron chi connectivity index (χ2n) is 7.07. The fraction of sp³-hybridized carbons (Fsp3) is 0.667. The average Bonchev–Trinajstić information content (AvgIpc) is 3.02. The van der Waals surface area contributed by atoms with Crippen molar-refractivity contribution in [3.8, 4) is 0 Å². The summed E-state index contributed by atoms with van der Waals surface area (Å²) in [4.78, 5) is 23.3. The Balaban J connectivity index is 1.70. The lowest BCUT2D eigenvalue weighted by Crippen LogP contribution is -2.42. The van der Waals surface area contributed by atoms with Gasteiger partial charge in [-0.05, 0) is 44.6 Å². The Kier molecular flexibility index (Phi) is 4.83. The van der Waals surface area contributed by atoms with Crippen molar-refractivity contribution in [2.45, 2.75) is 65.3 Å². The number of aromatic nitrogens is 4. The van der Waals surface area contributed by atoms with Gasteiger partial charge in [0.15, 0.2) is 0 Å². The second-order valence-corrected chi connectivity index (χ2v) is 7.07. The van der Waals surface area contributed by atoms with Gasteiger partial charge in [-0.2, -0.15) is 10.1 Å². The smallest absolute Gasteiger partial charge is 0.252 e. The van der Waals surface area contributed by atoms with Crippen LogP contribution in [0.2, 0.25) is 0 Å². The summed E-state index contributed by atoms with van der Waals surface area (Å²) in [5.74, 6) is 1.45. The molecule has 130 valence electrons.